The van der Waals surface area contributed by atoms with Crippen molar-refractivity contribution in [3.05, 3.63) is 44.1 Å². The van der Waals surface area contributed by atoms with Crippen molar-refractivity contribution in [3.8, 4) is 0 Å². The number of anilines is 2. The van der Waals surface area contributed by atoms with Crippen molar-refractivity contribution in [2.75, 3.05) is 17.7 Å². The van der Waals surface area contributed by atoms with Gasteiger partial charge in [-0.1, -0.05) is 23.2 Å². The van der Waals surface area contributed by atoms with E-state index in [1.807, 2.05) is 12.3 Å². The number of benzene rings is 1. The minimum atomic E-state index is -0.197. The average Bonchev–Trinajstić information content (AvgIpc) is 2.71. The molecule has 0 aliphatic carbocycles. The van der Waals surface area contributed by atoms with Gasteiger partial charge in [-0.3, -0.25) is 4.79 Å². The lowest BCUT2D eigenvalue weighted by Gasteiger charge is -2.19. The highest BCUT2D eigenvalue weighted by Crippen LogP contribution is 2.32. The summed E-state index contributed by atoms with van der Waals surface area (Å²) < 4.78 is 0. The molecule has 0 fully saturated rings. The van der Waals surface area contributed by atoms with Crippen LogP contribution in [0.3, 0.4) is 0 Å². The molecule has 2 N–H and O–H groups in total. The topological polar surface area (TPSA) is 46.3 Å². The van der Waals surface area contributed by atoms with Crippen LogP contribution in [0.1, 0.15) is 15.2 Å². The zero-order valence-corrected chi connectivity index (χ0v) is 12.7. The molecule has 0 radical (unpaired) electrons. The van der Waals surface area contributed by atoms with Crippen molar-refractivity contribution in [3.63, 3.8) is 0 Å². The number of hydrogen-bond donors (Lipinski definition) is 1. The Morgan fingerprint density at radius 3 is 2.63 bits per heavy atom. The predicted octanol–water partition coefficient (Wildman–Crippen LogP) is 4.22. The highest BCUT2D eigenvalue weighted by Gasteiger charge is 2.21. The van der Waals surface area contributed by atoms with Crippen molar-refractivity contribution in [2.24, 2.45) is 0 Å². The van der Waals surface area contributed by atoms with E-state index in [-0.39, 0.29) is 5.91 Å². The van der Waals surface area contributed by atoms with E-state index in [0.717, 1.165) is 5.56 Å². The van der Waals surface area contributed by atoms with Gasteiger partial charge < -0.3 is 10.6 Å². The lowest BCUT2D eigenvalue weighted by Crippen LogP contribution is -2.26. The normalized spacial score (nSPS) is 10.5. The van der Waals surface area contributed by atoms with Gasteiger partial charge >= 0.3 is 0 Å². The van der Waals surface area contributed by atoms with Crippen molar-refractivity contribution < 1.29 is 4.79 Å². The highest BCUT2D eigenvalue weighted by molar-refractivity contribution is 7.13. The van der Waals surface area contributed by atoms with E-state index in [0.29, 0.717) is 26.3 Å². The van der Waals surface area contributed by atoms with Gasteiger partial charge in [0.25, 0.3) is 5.91 Å². The molecule has 2 aromatic rings. The van der Waals surface area contributed by atoms with E-state index < -0.39 is 0 Å². The first kappa shape index (κ1) is 14.2. The van der Waals surface area contributed by atoms with Gasteiger partial charge in [-0.15, -0.1) is 11.3 Å². The zero-order chi connectivity index (χ0) is 14.2. The third kappa shape index (κ3) is 2.71. The second-order valence-corrected chi connectivity index (χ2v) is 5.82. The first-order valence-electron chi connectivity index (χ1n) is 5.48. The Hall–Kier alpha value is -1.23. The molecular formula is C13H12Cl2N2OS. The molecule has 1 heterocycles. The van der Waals surface area contributed by atoms with E-state index in [4.69, 9.17) is 28.9 Å². The van der Waals surface area contributed by atoms with Gasteiger partial charge in [0.2, 0.25) is 0 Å². The second kappa shape index (κ2) is 5.41. The molecule has 0 spiro atoms. The molecule has 0 bridgehead atoms. The minimum absolute atomic E-state index is 0.197. The molecule has 6 heteroatoms. The van der Waals surface area contributed by atoms with Gasteiger partial charge in [-0.2, -0.15) is 0 Å². The molecule has 3 nitrogen and oxygen atoms in total. The monoisotopic (exact) mass is 314 g/mol. The molecule has 0 saturated heterocycles. The van der Waals surface area contributed by atoms with Gasteiger partial charge in [0, 0.05) is 12.1 Å². The summed E-state index contributed by atoms with van der Waals surface area (Å²) in [6.45, 7) is 1.86. The summed E-state index contributed by atoms with van der Waals surface area (Å²) in [7, 11) is 1.65. The van der Waals surface area contributed by atoms with Crippen LogP contribution in [-0.2, 0) is 0 Å². The molecule has 0 aliphatic rings. The number of rotatable bonds is 2. The van der Waals surface area contributed by atoms with E-state index in [9.17, 15) is 4.79 Å². The average molecular weight is 315 g/mol. The third-order valence-electron chi connectivity index (χ3n) is 2.75. The van der Waals surface area contributed by atoms with Crippen molar-refractivity contribution in [2.45, 2.75) is 6.92 Å². The van der Waals surface area contributed by atoms with Crippen LogP contribution in [0.15, 0.2) is 23.6 Å². The predicted molar refractivity (Wildman–Crippen MR) is 82.7 cm³/mol. The number of aryl methyl sites for hydroxylation is 1. The van der Waals surface area contributed by atoms with Gasteiger partial charge in [-0.25, -0.2) is 0 Å². The van der Waals surface area contributed by atoms with Crippen LogP contribution < -0.4 is 10.6 Å². The Morgan fingerprint density at radius 1 is 1.37 bits per heavy atom. The minimum Gasteiger partial charge on any atom is -0.397 e. The number of nitrogen functional groups attached to an aromatic ring is 1. The van der Waals surface area contributed by atoms with Crippen LogP contribution in [0.5, 0.6) is 0 Å². The van der Waals surface area contributed by atoms with Crippen LogP contribution in [0.2, 0.25) is 10.0 Å². The number of nitrogens with two attached hydrogens (primary N) is 1. The first-order chi connectivity index (χ1) is 8.91. The molecule has 19 heavy (non-hydrogen) atoms. The number of carbonyl (C=O) groups excluding carboxylic acids is 1. The fourth-order valence-corrected chi connectivity index (χ4v) is 3.06. The van der Waals surface area contributed by atoms with Crippen molar-refractivity contribution in [1.82, 2.24) is 0 Å². The molecule has 0 saturated carbocycles. The Kier molecular flexibility index (Phi) is 4.04. The molecule has 1 aromatic carbocycles. The van der Waals surface area contributed by atoms with Crippen LogP contribution in [0.4, 0.5) is 11.4 Å². The summed E-state index contributed by atoms with van der Waals surface area (Å²) >= 11 is 13.4. The number of amides is 1. The maximum Gasteiger partial charge on any atom is 0.269 e. The Morgan fingerprint density at radius 2 is 2.05 bits per heavy atom. The van der Waals surface area contributed by atoms with E-state index in [1.165, 1.54) is 16.2 Å². The number of carbonyl (C=O) groups is 1. The zero-order valence-electron chi connectivity index (χ0n) is 10.4. The van der Waals surface area contributed by atoms with Gasteiger partial charge in [0.05, 0.1) is 16.4 Å². The third-order valence-corrected chi connectivity index (χ3v) is 4.67. The summed E-state index contributed by atoms with van der Waals surface area (Å²) in [6.07, 6.45) is 0. The molecule has 100 valence electrons. The van der Waals surface area contributed by atoms with E-state index in [2.05, 4.69) is 0 Å². The van der Waals surface area contributed by atoms with Crippen molar-refractivity contribution in [1.29, 1.82) is 0 Å². The van der Waals surface area contributed by atoms with Gasteiger partial charge in [-0.05, 0) is 36.1 Å². The SMILES string of the molecule is Cc1csc(C(=O)N(C)c2cc(Cl)ccc2N)c1Cl. The lowest BCUT2D eigenvalue weighted by atomic mass is 10.2. The van der Waals surface area contributed by atoms with E-state index >= 15 is 0 Å². The Labute approximate surface area is 125 Å². The van der Waals surface area contributed by atoms with Gasteiger partial charge in [0.15, 0.2) is 0 Å². The second-order valence-electron chi connectivity index (χ2n) is 4.13. The number of hydrogen-bond acceptors (Lipinski definition) is 3. The largest absolute Gasteiger partial charge is 0.397 e. The quantitative estimate of drug-likeness (QED) is 0.843. The highest BCUT2D eigenvalue weighted by atomic mass is 35.5. The maximum atomic E-state index is 12.4. The molecule has 0 atom stereocenters. The molecule has 1 aromatic heterocycles. The van der Waals surface area contributed by atoms with Gasteiger partial charge in [0.1, 0.15) is 4.88 Å². The summed E-state index contributed by atoms with van der Waals surface area (Å²) in [4.78, 5) is 14.4. The summed E-state index contributed by atoms with van der Waals surface area (Å²) in [5, 5.41) is 2.87. The molecular weight excluding hydrogens is 303 g/mol. The summed E-state index contributed by atoms with van der Waals surface area (Å²) in [5.41, 5.74) is 7.82. The van der Waals surface area contributed by atoms with Crippen LogP contribution in [0, 0.1) is 6.92 Å². The number of halogens is 2. The summed E-state index contributed by atoms with van der Waals surface area (Å²) in [5.74, 6) is -0.197. The molecule has 0 aliphatic heterocycles. The number of thiophene rings is 1. The first-order valence-corrected chi connectivity index (χ1v) is 7.12. The Bertz CT molecular complexity index is 640. The molecule has 0 unspecified atom stereocenters. The maximum absolute atomic E-state index is 12.4. The van der Waals surface area contributed by atoms with Crippen LogP contribution in [0.25, 0.3) is 0 Å². The number of nitrogens with zero attached hydrogens (tertiary/aromatic N) is 1. The standard InChI is InChI=1S/C13H12Cl2N2OS/c1-7-6-19-12(11(7)15)13(18)17(2)10-5-8(14)3-4-9(10)16/h3-6H,16H2,1-2H3. The van der Waals surface area contributed by atoms with Crippen LogP contribution >= 0.6 is 34.5 Å². The fraction of sp³-hybridized carbons (Fsp3) is 0.154. The Balaban J connectivity index is 2.39. The smallest absolute Gasteiger partial charge is 0.269 e. The summed E-state index contributed by atoms with van der Waals surface area (Å²) in [6, 6.07) is 5.01. The van der Waals surface area contributed by atoms with E-state index in [1.54, 1.807) is 25.2 Å². The van der Waals surface area contributed by atoms with Crippen molar-refractivity contribution >= 4 is 51.8 Å². The molecule has 1 amide bonds. The van der Waals surface area contributed by atoms with Crippen LogP contribution in [-0.4, -0.2) is 13.0 Å². The fourth-order valence-electron chi connectivity index (χ4n) is 1.64. The molecule has 2 rings (SSSR count). The lowest BCUT2D eigenvalue weighted by molar-refractivity contribution is 0.0997.